The molecule has 5 N–H and O–H groups in total. The predicted molar refractivity (Wildman–Crippen MR) is 68.0 cm³/mol. The average molecular weight is 260 g/mol. The summed E-state index contributed by atoms with van der Waals surface area (Å²) in [7, 11) is 0. The minimum atomic E-state index is -0.0981. The molecule has 2 aliphatic carbocycles. The maximum absolute atomic E-state index is 11.9. The molecule has 0 saturated heterocycles. The Labute approximate surface area is 107 Å². The van der Waals surface area contributed by atoms with Crippen molar-refractivity contribution in [2.24, 2.45) is 17.8 Å². The Morgan fingerprint density at radius 3 is 2.78 bits per heavy atom. The molecule has 0 aromatic heterocycles. The molecule has 2 aliphatic rings. The molecule has 0 aromatic rings. The van der Waals surface area contributed by atoms with Crippen molar-refractivity contribution in [3.05, 3.63) is 12.2 Å². The molecular formula is C13H24O5. The highest BCUT2D eigenvalue weighted by atomic mass is 16.5. The lowest BCUT2D eigenvalue weighted by molar-refractivity contribution is -0.153. The molecule has 1 fully saturated rings. The number of ether oxygens (including phenoxy) is 1. The first-order chi connectivity index (χ1) is 7.83. The van der Waals surface area contributed by atoms with Gasteiger partial charge >= 0.3 is 5.97 Å². The fourth-order valence-electron chi connectivity index (χ4n) is 3.06. The highest BCUT2D eigenvalue weighted by molar-refractivity contribution is 5.73. The van der Waals surface area contributed by atoms with Gasteiger partial charge in [0, 0.05) is 0 Å². The van der Waals surface area contributed by atoms with E-state index in [-0.39, 0.29) is 36.1 Å². The summed E-state index contributed by atoms with van der Waals surface area (Å²) in [6, 6.07) is 0. The number of rotatable bonds is 3. The number of carbonyl (C=O) groups excluding carboxylic acids is 1. The van der Waals surface area contributed by atoms with Gasteiger partial charge in [0.2, 0.25) is 0 Å². The van der Waals surface area contributed by atoms with Gasteiger partial charge in [-0.25, -0.2) is 0 Å². The van der Waals surface area contributed by atoms with Crippen molar-refractivity contribution in [3.63, 3.8) is 0 Å². The van der Waals surface area contributed by atoms with Gasteiger partial charge in [-0.15, -0.1) is 0 Å². The summed E-state index contributed by atoms with van der Waals surface area (Å²) in [5.41, 5.74) is 0. The lowest BCUT2D eigenvalue weighted by atomic mass is 9.68. The van der Waals surface area contributed by atoms with Crippen LogP contribution in [-0.2, 0) is 9.53 Å². The van der Waals surface area contributed by atoms with Crippen molar-refractivity contribution in [1.82, 2.24) is 0 Å². The van der Waals surface area contributed by atoms with Gasteiger partial charge in [-0.2, -0.15) is 0 Å². The molecule has 5 nitrogen and oxygen atoms in total. The molecule has 0 aliphatic heterocycles. The van der Waals surface area contributed by atoms with E-state index in [4.69, 9.17) is 9.84 Å². The van der Waals surface area contributed by atoms with Crippen molar-refractivity contribution in [2.75, 3.05) is 13.2 Å². The van der Waals surface area contributed by atoms with Gasteiger partial charge in [0.1, 0.15) is 6.61 Å². The van der Waals surface area contributed by atoms with Crippen molar-refractivity contribution >= 4 is 5.97 Å². The van der Waals surface area contributed by atoms with E-state index in [1.165, 1.54) is 6.42 Å². The predicted octanol–water partition coefficient (Wildman–Crippen LogP) is 0.255. The van der Waals surface area contributed by atoms with Gasteiger partial charge in [-0.3, -0.25) is 4.79 Å². The number of hydrogen-bond acceptors (Lipinski definition) is 3. The summed E-state index contributed by atoms with van der Waals surface area (Å²) in [5.74, 6) is 1.02. The second-order valence-electron chi connectivity index (χ2n) is 4.76. The molecule has 5 heteroatoms. The maximum Gasteiger partial charge on any atom is 0.309 e. The van der Waals surface area contributed by atoms with Crippen LogP contribution in [0.3, 0.4) is 0 Å². The lowest BCUT2D eigenvalue weighted by Gasteiger charge is -2.37. The van der Waals surface area contributed by atoms with Gasteiger partial charge in [-0.05, 0) is 37.5 Å². The summed E-state index contributed by atoms with van der Waals surface area (Å²) in [4.78, 5) is 11.9. The van der Waals surface area contributed by atoms with Crippen LogP contribution in [0.4, 0.5) is 0 Å². The van der Waals surface area contributed by atoms with Crippen LogP contribution in [0.1, 0.15) is 32.1 Å². The molecule has 0 bridgehead atoms. The van der Waals surface area contributed by atoms with Gasteiger partial charge in [-0.1, -0.05) is 18.6 Å². The highest BCUT2D eigenvalue weighted by Crippen LogP contribution is 2.41. The molecule has 2 rings (SSSR count). The van der Waals surface area contributed by atoms with Crippen LogP contribution in [0.2, 0.25) is 0 Å². The highest BCUT2D eigenvalue weighted by Gasteiger charge is 2.37. The van der Waals surface area contributed by atoms with Crippen LogP contribution in [-0.4, -0.2) is 35.2 Å². The monoisotopic (exact) mass is 260 g/mol. The number of aliphatic hydroxyl groups is 1. The van der Waals surface area contributed by atoms with E-state index in [9.17, 15) is 4.79 Å². The van der Waals surface area contributed by atoms with Crippen LogP contribution in [0, 0.1) is 17.8 Å². The third-order valence-electron chi connectivity index (χ3n) is 3.81. The van der Waals surface area contributed by atoms with Crippen molar-refractivity contribution in [1.29, 1.82) is 0 Å². The number of carbonyl (C=O) groups is 1. The minimum Gasteiger partial charge on any atom is -0.463 e. The van der Waals surface area contributed by atoms with Crippen LogP contribution < -0.4 is 0 Å². The first kappa shape index (κ1) is 17.1. The number of aliphatic hydroxyl groups excluding tert-OH is 1. The molecule has 0 amide bonds. The Morgan fingerprint density at radius 2 is 2.06 bits per heavy atom. The second-order valence-corrected chi connectivity index (χ2v) is 4.76. The Bertz CT molecular complexity index is 277. The fraction of sp³-hybridized carbons (Fsp3) is 0.769. The summed E-state index contributed by atoms with van der Waals surface area (Å²) in [6.07, 6.45) is 10.0. The maximum atomic E-state index is 11.9. The largest absolute Gasteiger partial charge is 0.463 e. The Kier molecular flexibility index (Phi) is 7.82. The zero-order valence-corrected chi connectivity index (χ0v) is 10.6. The van der Waals surface area contributed by atoms with E-state index >= 15 is 0 Å². The number of fused-ring (bicyclic) bond motifs is 1. The zero-order chi connectivity index (χ0) is 11.4. The van der Waals surface area contributed by atoms with Gasteiger partial charge < -0.3 is 20.8 Å². The summed E-state index contributed by atoms with van der Waals surface area (Å²) in [6.45, 7) is 0.0645. The van der Waals surface area contributed by atoms with E-state index in [1.54, 1.807) is 0 Å². The van der Waals surface area contributed by atoms with Gasteiger partial charge in [0.25, 0.3) is 0 Å². The van der Waals surface area contributed by atoms with Crippen LogP contribution in [0.25, 0.3) is 0 Å². The van der Waals surface area contributed by atoms with Gasteiger partial charge in [0.15, 0.2) is 0 Å². The van der Waals surface area contributed by atoms with Crippen molar-refractivity contribution in [3.8, 4) is 0 Å². The SMILES string of the molecule is O.O.O=C(OCCO)C1CCCC2C=CCCC21. The minimum absolute atomic E-state index is 0. The topological polar surface area (TPSA) is 110 Å². The first-order valence-corrected chi connectivity index (χ1v) is 6.27. The standard InChI is InChI=1S/C13H20O3.2H2O/c14-8-9-16-13(15)12-7-3-5-10-4-1-2-6-11(10)12;;/h1,4,10-12,14H,2-3,5-9H2;2*1H2. The number of allylic oxidation sites excluding steroid dienone is 2. The molecule has 1 saturated carbocycles. The zero-order valence-electron chi connectivity index (χ0n) is 10.6. The smallest absolute Gasteiger partial charge is 0.309 e. The molecule has 3 unspecified atom stereocenters. The van der Waals surface area contributed by atoms with Crippen molar-refractivity contribution in [2.45, 2.75) is 32.1 Å². The summed E-state index contributed by atoms with van der Waals surface area (Å²) >= 11 is 0. The molecule has 0 aromatic carbocycles. The van der Waals surface area contributed by atoms with Crippen LogP contribution in [0.5, 0.6) is 0 Å². The van der Waals surface area contributed by atoms with E-state index < -0.39 is 0 Å². The third kappa shape index (κ3) is 3.80. The molecule has 18 heavy (non-hydrogen) atoms. The molecule has 0 heterocycles. The Morgan fingerprint density at radius 1 is 1.28 bits per heavy atom. The molecule has 3 atom stereocenters. The number of esters is 1. The van der Waals surface area contributed by atoms with E-state index in [2.05, 4.69) is 12.2 Å². The summed E-state index contributed by atoms with van der Waals surface area (Å²) in [5, 5.41) is 8.66. The van der Waals surface area contributed by atoms with E-state index in [0.717, 1.165) is 25.7 Å². The average Bonchev–Trinajstić information content (AvgIpc) is 2.35. The molecule has 0 spiro atoms. The molecule has 106 valence electrons. The lowest BCUT2D eigenvalue weighted by Crippen LogP contribution is -2.35. The van der Waals surface area contributed by atoms with E-state index in [0.29, 0.717) is 11.8 Å². The number of hydrogen-bond donors (Lipinski definition) is 1. The summed E-state index contributed by atoms with van der Waals surface area (Å²) < 4.78 is 5.07. The normalized spacial score (nSPS) is 29.5. The molecular weight excluding hydrogens is 236 g/mol. The Balaban J connectivity index is 0.00000144. The molecule has 0 radical (unpaired) electrons. The van der Waals surface area contributed by atoms with Gasteiger partial charge in [0.05, 0.1) is 12.5 Å². The quantitative estimate of drug-likeness (QED) is 0.580. The van der Waals surface area contributed by atoms with E-state index in [1.807, 2.05) is 0 Å². The van der Waals surface area contributed by atoms with Crippen LogP contribution >= 0.6 is 0 Å². The second kappa shape index (κ2) is 8.24. The fourth-order valence-corrected chi connectivity index (χ4v) is 3.06. The van der Waals surface area contributed by atoms with Crippen LogP contribution in [0.15, 0.2) is 12.2 Å². The Hall–Kier alpha value is -0.910. The van der Waals surface area contributed by atoms with Crippen molar-refractivity contribution < 1.29 is 25.6 Å². The third-order valence-corrected chi connectivity index (χ3v) is 3.81. The first-order valence-electron chi connectivity index (χ1n) is 6.27.